The predicted octanol–water partition coefficient (Wildman–Crippen LogP) is 4.31. The zero-order chi connectivity index (χ0) is 26.2. The number of aliphatic hydroxyl groups excluding tert-OH is 1. The van der Waals surface area contributed by atoms with Gasteiger partial charge in [-0.25, -0.2) is 4.98 Å². The third-order valence-corrected chi connectivity index (χ3v) is 6.31. The summed E-state index contributed by atoms with van der Waals surface area (Å²) < 4.78 is 57.8. The van der Waals surface area contributed by atoms with Crippen LogP contribution in [0.3, 0.4) is 0 Å². The predicted molar refractivity (Wildman–Crippen MR) is 123 cm³/mol. The summed E-state index contributed by atoms with van der Waals surface area (Å²) in [5.74, 6) is -1.35. The number of pyridine rings is 1. The average molecular weight is 520 g/mol. The molecule has 1 aliphatic heterocycles. The van der Waals surface area contributed by atoms with Gasteiger partial charge in [-0.1, -0.05) is 6.07 Å². The van der Waals surface area contributed by atoms with Crippen LogP contribution in [0.4, 0.5) is 13.2 Å². The van der Waals surface area contributed by atoms with Crippen LogP contribution in [0.25, 0.3) is 11.3 Å². The molecule has 4 rings (SSSR count). The highest BCUT2D eigenvalue weighted by atomic mass is 32.1. The van der Waals surface area contributed by atoms with Gasteiger partial charge in [-0.15, -0.1) is 11.3 Å². The molecule has 3 heterocycles. The summed E-state index contributed by atoms with van der Waals surface area (Å²) in [7, 11) is 4.24. The van der Waals surface area contributed by atoms with Gasteiger partial charge in [0, 0.05) is 5.56 Å². The van der Waals surface area contributed by atoms with Gasteiger partial charge >= 0.3 is 6.18 Å². The third kappa shape index (κ3) is 4.40. The molecule has 12 heteroatoms. The van der Waals surface area contributed by atoms with Crippen molar-refractivity contribution < 1.29 is 42.1 Å². The Bertz CT molecular complexity index is 1340. The maximum atomic E-state index is 13.9. The van der Waals surface area contributed by atoms with Crippen LogP contribution < -0.4 is 19.5 Å². The minimum atomic E-state index is -5.12. The van der Waals surface area contributed by atoms with Gasteiger partial charge < -0.3 is 24.6 Å². The molecular weight excluding hydrogens is 501 g/mol. The van der Waals surface area contributed by atoms with Gasteiger partial charge in [0.25, 0.3) is 5.91 Å². The highest BCUT2D eigenvalue weighted by molar-refractivity contribution is 7.12. The van der Waals surface area contributed by atoms with Crippen LogP contribution in [0, 0.1) is 0 Å². The topological polar surface area (TPSA) is 107 Å². The summed E-state index contributed by atoms with van der Waals surface area (Å²) in [6.07, 6.45) is -7.27. The molecule has 2 aromatic heterocycles. The van der Waals surface area contributed by atoms with Crippen LogP contribution in [-0.4, -0.2) is 49.3 Å². The number of benzene rings is 1. The molecule has 1 amide bonds. The zero-order valence-corrected chi connectivity index (χ0v) is 19.9. The second-order valence-electron chi connectivity index (χ2n) is 7.49. The minimum absolute atomic E-state index is 0.0377. The molecule has 0 saturated carbocycles. The highest BCUT2D eigenvalue weighted by Gasteiger charge is 2.45. The molecule has 8 nitrogen and oxygen atoms in total. The van der Waals surface area contributed by atoms with Gasteiger partial charge in [0.1, 0.15) is 11.8 Å². The lowest BCUT2D eigenvalue weighted by Gasteiger charge is -2.18. The fourth-order valence-corrected chi connectivity index (χ4v) is 4.47. The number of nitrogens with one attached hydrogen (secondary N) is 1. The van der Waals surface area contributed by atoms with E-state index in [4.69, 9.17) is 14.2 Å². The van der Waals surface area contributed by atoms with Crippen LogP contribution >= 0.6 is 11.3 Å². The Morgan fingerprint density at radius 2 is 1.75 bits per heavy atom. The molecule has 3 aromatic rings. The van der Waals surface area contributed by atoms with Crippen molar-refractivity contribution in [1.82, 2.24) is 10.3 Å². The SMILES string of the molecule is COc1cc(-c2ccc3c(n2)C(O)C(C(=O)c2cccs2)=C(C(F)(F)F)NC3=O)cc(OC)c1OC. The van der Waals surface area contributed by atoms with Gasteiger partial charge in [-0.3, -0.25) is 9.59 Å². The van der Waals surface area contributed by atoms with E-state index in [0.717, 1.165) is 11.3 Å². The lowest BCUT2D eigenvalue weighted by atomic mass is 9.96. The largest absolute Gasteiger partial charge is 0.493 e. The van der Waals surface area contributed by atoms with E-state index >= 15 is 0 Å². The lowest BCUT2D eigenvalue weighted by Crippen LogP contribution is -2.33. The standard InChI is InChI=1S/C24H19F3N2O6S/c1-33-14-9-11(10-15(34-2)21(14)35-3)13-7-6-12-18(28-13)20(31)17(19(30)16-5-4-8-36-16)22(24(25,26)27)29-23(12)32/h4-10,20,31H,1-3H3,(H,29,32). The van der Waals surface area contributed by atoms with Crippen molar-refractivity contribution in [1.29, 1.82) is 0 Å². The molecule has 0 fully saturated rings. The number of rotatable bonds is 6. The van der Waals surface area contributed by atoms with E-state index in [0.29, 0.717) is 11.3 Å². The first kappa shape index (κ1) is 25.2. The van der Waals surface area contributed by atoms with E-state index in [1.165, 1.54) is 51.0 Å². The number of halogens is 3. The van der Waals surface area contributed by atoms with Crippen molar-refractivity contribution in [3.05, 3.63) is 69.2 Å². The minimum Gasteiger partial charge on any atom is -0.493 e. The van der Waals surface area contributed by atoms with Gasteiger partial charge in [-0.2, -0.15) is 13.2 Å². The number of alkyl halides is 3. The lowest BCUT2D eigenvalue weighted by molar-refractivity contribution is -0.0973. The molecule has 1 atom stereocenters. The number of thiophene rings is 1. The summed E-state index contributed by atoms with van der Waals surface area (Å²) in [5, 5.41) is 14.3. The second-order valence-corrected chi connectivity index (χ2v) is 8.44. The van der Waals surface area contributed by atoms with Crippen molar-refractivity contribution in [2.24, 2.45) is 0 Å². The smallest absolute Gasteiger partial charge is 0.431 e. The van der Waals surface area contributed by atoms with Crippen LogP contribution in [0.1, 0.15) is 31.8 Å². The summed E-state index contributed by atoms with van der Waals surface area (Å²) in [6, 6.07) is 8.54. The monoisotopic (exact) mass is 520 g/mol. The number of carbonyl (C=O) groups excluding carboxylic acids is 2. The Morgan fingerprint density at radius 3 is 2.28 bits per heavy atom. The first-order valence-electron chi connectivity index (χ1n) is 10.3. The van der Waals surface area contributed by atoms with Crippen molar-refractivity contribution in [2.45, 2.75) is 12.3 Å². The number of allylic oxidation sites excluding steroid dienone is 1. The van der Waals surface area contributed by atoms with Crippen molar-refractivity contribution in [3.63, 3.8) is 0 Å². The molecule has 0 radical (unpaired) electrons. The Hall–Kier alpha value is -3.90. The second kappa shape index (κ2) is 9.63. The molecule has 1 unspecified atom stereocenters. The molecular formula is C24H19F3N2O6S. The summed E-state index contributed by atoms with van der Waals surface area (Å²) >= 11 is 0.905. The molecule has 2 N–H and O–H groups in total. The van der Waals surface area contributed by atoms with E-state index in [9.17, 15) is 27.9 Å². The number of fused-ring (bicyclic) bond motifs is 1. The first-order chi connectivity index (χ1) is 17.1. The Labute approximate surface area is 206 Å². The normalized spacial score (nSPS) is 15.6. The van der Waals surface area contributed by atoms with E-state index < -0.39 is 40.9 Å². The number of methoxy groups -OCH3 is 3. The number of carbonyl (C=O) groups is 2. The number of ketones is 1. The summed E-state index contributed by atoms with van der Waals surface area (Å²) in [4.78, 5) is 30.1. The zero-order valence-electron chi connectivity index (χ0n) is 19.1. The number of Topliss-reactive ketones (excluding diaryl/α,β-unsaturated/α-hetero) is 1. The molecule has 36 heavy (non-hydrogen) atoms. The summed E-state index contributed by atoms with van der Waals surface area (Å²) in [5.41, 5.74) is -2.79. The number of aliphatic hydroxyl groups is 1. The quantitative estimate of drug-likeness (QED) is 0.467. The van der Waals surface area contributed by atoms with Crippen molar-refractivity contribution in [3.8, 4) is 28.5 Å². The maximum Gasteiger partial charge on any atom is 0.431 e. The van der Waals surface area contributed by atoms with Crippen molar-refractivity contribution in [2.75, 3.05) is 21.3 Å². The van der Waals surface area contributed by atoms with Crippen LogP contribution in [0.2, 0.25) is 0 Å². The molecule has 0 spiro atoms. The molecule has 0 saturated heterocycles. The van der Waals surface area contributed by atoms with Crippen LogP contribution in [-0.2, 0) is 0 Å². The molecule has 0 aliphatic carbocycles. The Kier molecular flexibility index (Phi) is 6.74. The third-order valence-electron chi connectivity index (χ3n) is 5.44. The number of amides is 1. The van der Waals surface area contributed by atoms with Crippen molar-refractivity contribution >= 4 is 23.0 Å². The fourth-order valence-electron chi connectivity index (χ4n) is 3.79. The van der Waals surface area contributed by atoms with E-state index in [-0.39, 0.29) is 27.6 Å². The van der Waals surface area contributed by atoms with Gasteiger partial charge in [0.05, 0.1) is 48.7 Å². The first-order valence-corrected chi connectivity index (χ1v) is 11.2. The number of nitrogens with zero attached hydrogens (tertiary/aromatic N) is 1. The average Bonchev–Trinajstić information content (AvgIpc) is 3.37. The molecule has 188 valence electrons. The van der Waals surface area contributed by atoms with Gasteiger partial charge in [0.15, 0.2) is 11.5 Å². The highest BCUT2D eigenvalue weighted by Crippen LogP contribution is 2.42. The van der Waals surface area contributed by atoms with Crippen LogP contribution in [0.15, 0.2) is 53.0 Å². The number of ether oxygens (including phenoxy) is 3. The molecule has 1 aromatic carbocycles. The van der Waals surface area contributed by atoms with E-state index in [1.54, 1.807) is 17.4 Å². The van der Waals surface area contributed by atoms with Crippen LogP contribution in [0.5, 0.6) is 17.2 Å². The molecule has 1 aliphatic rings. The summed E-state index contributed by atoms with van der Waals surface area (Å²) in [6.45, 7) is 0. The maximum absolute atomic E-state index is 13.9. The Balaban J connectivity index is 1.91. The number of aromatic nitrogens is 1. The fraction of sp³-hybridized carbons (Fsp3) is 0.208. The van der Waals surface area contributed by atoms with E-state index in [2.05, 4.69) is 4.98 Å². The molecule has 0 bridgehead atoms. The van der Waals surface area contributed by atoms with Gasteiger partial charge in [0.2, 0.25) is 11.5 Å². The Morgan fingerprint density at radius 1 is 1.08 bits per heavy atom. The van der Waals surface area contributed by atoms with Gasteiger partial charge in [-0.05, 0) is 35.7 Å². The number of hydrogen-bond donors (Lipinski definition) is 2. The number of hydrogen-bond acceptors (Lipinski definition) is 8. The van der Waals surface area contributed by atoms with E-state index in [1.807, 2.05) is 0 Å².